The van der Waals surface area contributed by atoms with E-state index in [0.717, 1.165) is 29.6 Å². The van der Waals surface area contributed by atoms with Crippen molar-refractivity contribution in [1.82, 2.24) is 0 Å². The molecule has 0 aliphatic carbocycles. The summed E-state index contributed by atoms with van der Waals surface area (Å²) in [5.74, 6) is 4.03. The van der Waals surface area contributed by atoms with E-state index in [1.807, 2.05) is 0 Å². The van der Waals surface area contributed by atoms with Crippen molar-refractivity contribution in [3.05, 3.63) is 0 Å². The van der Waals surface area contributed by atoms with Gasteiger partial charge in [0.1, 0.15) is 0 Å². The topological polar surface area (TPSA) is 0 Å². The Labute approximate surface area is 149 Å². The van der Waals surface area contributed by atoms with Gasteiger partial charge in [-0.2, -0.15) is 0 Å². The average Bonchev–Trinajstić information content (AvgIpc) is 2.38. The lowest BCUT2D eigenvalue weighted by atomic mass is 9.51. The summed E-state index contributed by atoms with van der Waals surface area (Å²) in [6.07, 6.45) is 6.86. The van der Waals surface area contributed by atoms with Crippen molar-refractivity contribution in [3.8, 4) is 0 Å². The van der Waals surface area contributed by atoms with E-state index < -0.39 is 0 Å². The summed E-state index contributed by atoms with van der Waals surface area (Å²) in [6, 6.07) is 0. The van der Waals surface area contributed by atoms with Gasteiger partial charge in [-0.3, -0.25) is 0 Å². The Bertz CT molecular complexity index is 304. The fourth-order valence-corrected chi connectivity index (χ4v) is 4.63. The molecule has 0 aliphatic heterocycles. The van der Waals surface area contributed by atoms with E-state index in [0.29, 0.717) is 10.8 Å². The smallest absolute Gasteiger partial charge is 0.0215 e. The minimum absolute atomic E-state index is 0.370. The molecule has 0 heteroatoms. The van der Waals surface area contributed by atoms with Crippen LogP contribution in [0.1, 0.15) is 108 Å². The zero-order valence-electron chi connectivity index (χ0n) is 18.4. The second-order valence-electron chi connectivity index (χ2n) is 10.5. The Hall–Kier alpha value is 0. The van der Waals surface area contributed by atoms with Gasteiger partial charge >= 0.3 is 0 Å². The summed E-state index contributed by atoms with van der Waals surface area (Å²) in [5.41, 5.74) is 0.834. The van der Waals surface area contributed by atoms with Crippen molar-refractivity contribution < 1.29 is 0 Å². The molecule has 0 radical (unpaired) electrons. The normalized spacial score (nSPS) is 18.5. The molecule has 0 heterocycles. The summed E-state index contributed by atoms with van der Waals surface area (Å²) in [5, 5.41) is 0. The molecule has 0 bridgehead atoms. The zero-order chi connectivity index (χ0) is 18.4. The van der Waals surface area contributed by atoms with Crippen LogP contribution < -0.4 is 0 Å². The van der Waals surface area contributed by atoms with E-state index in [4.69, 9.17) is 0 Å². The fourth-order valence-electron chi connectivity index (χ4n) is 4.63. The Morgan fingerprint density at radius 2 is 1.30 bits per heavy atom. The Morgan fingerprint density at radius 3 is 1.61 bits per heavy atom. The summed E-state index contributed by atoms with van der Waals surface area (Å²) in [7, 11) is 0. The van der Waals surface area contributed by atoms with E-state index in [-0.39, 0.29) is 0 Å². The second-order valence-corrected chi connectivity index (χ2v) is 10.5. The molecule has 140 valence electrons. The van der Waals surface area contributed by atoms with Crippen molar-refractivity contribution in [2.75, 3.05) is 0 Å². The molecule has 0 aromatic heterocycles. The van der Waals surface area contributed by atoms with Gasteiger partial charge in [0.2, 0.25) is 0 Å². The lowest BCUT2D eigenvalue weighted by molar-refractivity contribution is -0.0508. The van der Waals surface area contributed by atoms with E-state index in [1.165, 1.54) is 32.1 Å². The maximum atomic E-state index is 2.52. The number of hydrogen-bond donors (Lipinski definition) is 0. The van der Waals surface area contributed by atoms with Gasteiger partial charge < -0.3 is 0 Å². The van der Waals surface area contributed by atoms with Crippen molar-refractivity contribution in [1.29, 1.82) is 0 Å². The standard InChI is InChI=1S/C23H48/c1-12-20(8)16-23(22(9,10)11,14-13-17(2)3)21(19(6)7)15-18(4)5/h17-21H,12-16H2,1-11H3. The van der Waals surface area contributed by atoms with Crippen molar-refractivity contribution in [3.63, 3.8) is 0 Å². The molecule has 0 aromatic carbocycles. The first kappa shape index (κ1) is 23.0. The maximum absolute atomic E-state index is 2.52. The number of hydrogen-bond acceptors (Lipinski definition) is 0. The monoisotopic (exact) mass is 324 g/mol. The third kappa shape index (κ3) is 6.79. The van der Waals surface area contributed by atoms with Crippen LogP contribution in [-0.4, -0.2) is 0 Å². The summed E-state index contributed by atoms with van der Waals surface area (Å²) >= 11 is 0. The molecule has 0 nitrogen and oxygen atoms in total. The third-order valence-electron chi connectivity index (χ3n) is 6.31. The molecule has 0 fully saturated rings. The molecule has 3 unspecified atom stereocenters. The van der Waals surface area contributed by atoms with Gasteiger partial charge in [0.05, 0.1) is 0 Å². The first-order chi connectivity index (χ1) is 10.4. The van der Waals surface area contributed by atoms with Crippen LogP contribution in [0.25, 0.3) is 0 Å². The van der Waals surface area contributed by atoms with Crippen LogP contribution in [0.4, 0.5) is 0 Å². The zero-order valence-corrected chi connectivity index (χ0v) is 18.4. The van der Waals surface area contributed by atoms with Crippen LogP contribution in [0.2, 0.25) is 0 Å². The van der Waals surface area contributed by atoms with Gasteiger partial charge in [0, 0.05) is 0 Å². The minimum Gasteiger partial charge on any atom is -0.0651 e. The Kier molecular flexibility index (Phi) is 9.47. The fraction of sp³-hybridized carbons (Fsp3) is 1.00. The van der Waals surface area contributed by atoms with E-state index in [1.54, 1.807) is 0 Å². The Morgan fingerprint density at radius 1 is 0.783 bits per heavy atom. The molecule has 0 amide bonds. The van der Waals surface area contributed by atoms with E-state index in [2.05, 4.69) is 76.2 Å². The Balaban J connectivity index is 5.91. The van der Waals surface area contributed by atoms with Crippen LogP contribution in [0.15, 0.2) is 0 Å². The van der Waals surface area contributed by atoms with Gasteiger partial charge in [-0.25, -0.2) is 0 Å². The van der Waals surface area contributed by atoms with Crippen LogP contribution in [0.3, 0.4) is 0 Å². The van der Waals surface area contributed by atoms with E-state index in [9.17, 15) is 0 Å². The highest BCUT2D eigenvalue weighted by Gasteiger charge is 2.48. The van der Waals surface area contributed by atoms with Crippen molar-refractivity contribution in [2.24, 2.45) is 40.4 Å². The minimum atomic E-state index is 0.370. The third-order valence-corrected chi connectivity index (χ3v) is 6.31. The van der Waals surface area contributed by atoms with Gasteiger partial charge in [-0.1, -0.05) is 89.0 Å². The molecular formula is C23H48. The molecular weight excluding hydrogens is 276 g/mol. The molecule has 0 spiro atoms. The van der Waals surface area contributed by atoms with E-state index >= 15 is 0 Å². The molecule has 0 rings (SSSR count). The predicted molar refractivity (Wildman–Crippen MR) is 108 cm³/mol. The van der Waals surface area contributed by atoms with Crippen LogP contribution in [-0.2, 0) is 0 Å². The first-order valence-corrected chi connectivity index (χ1v) is 10.4. The highest BCUT2D eigenvalue weighted by Crippen LogP contribution is 2.57. The lowest BCUT2D eigenvalue weighted by Gasteiger charge is -2.54. The average molecular weight is 325 g/mol. The molecule has 23 heavy (non-hydrogen) atoms. The molecule has 0 saturated carbocycles. The quantitative estimate of drug-likeness (QED) is 0.380. The van der Waals surface area contributed by atoms with Gasteiger partial charge in [-0.15, -0.1) is 0 Å². The van der Waals surface area contributed by atoms with Crippen molar-refractivity contribution >= 4 is 0 Å². The second kappa shape index (κ2) is 9.47. The lowest BCUT2D eigenvalue weighted by Crippen LogP contribution is -2.46. The maximum Gasteiger partial charge on any atom is -0.0215 e. The van der Waals surface area contributed by atoms with Crippen LogP contribution in [0, 0.1) is 40.4 Å². The highest BCUT2D eigenvalue weighted by molar-refractivity contribution is 4.97. The molecule has 0 saturated heterocycles. The highest BCUT2D eigenvalue weighted by atomic mass is 14.5. The first-order valence-electron chi connectivity index (χ1n) is 10.4. The predicted octanol–water partition coefficient (Wildman–Crippen LogP) is 8.21. The van der Waals surface area contributed by atoms with Crippen molar-refractivity contribution in [2.45, 2.75) is 108 Å². The summed E-state index contributed by atoms with van der Waals surface area (Å²) < 4.78 is 0. The summed E-state index contributed by atoms with van der Waals surface area (Å²) in [6.45, 7) is 27.0. The molecule has 3 atom stereocenters. The SMILES string of the molecule is CCC(C)CC(CCC(C)C)(C(CC(C)C)C(C)C)C(C)(C)C. The van der Waals surface area contributed by atoms with Gasteiger partial charge in [0.25, 0.3) is 0 Å². The molecule has 0 N–H and O–H groups in total. The van der Waals surface area contributed by atoms with Gasteiger partial charge in [0.15, 0.2) is 0 Å². The van der Waals surface area contributed by atoms with Gasteiger partial charge in [-0.05, 0) is 59.7 Å². The van der Waals surface area contributed by atoms with Crippen LogP contribution >= 0.6 is 0 Å². The molecule has 0 aliphatic rings. The van der Waals surface area contributed by atoms with Crippen LogP contribution in [0.5, 0.6) is 0 Å². The number of rotatable bonds is 10. The molecule has 0 aromatic rings. The largest absolute Gasteiger partial charge is 0.0651 e. The summed E-state index contributed by atoms with van der Waals surface area (Å²) in [4.78, 5) is 0.